The van der Waals surface area contributed by atoms with E-state index in [0.29, 0.717) is 15.9 Å². The van der Waals surface area contributed by atoms with Crippen LogP contribution in [0.4, 0.5) is 5.82 Å². The van der Waals surface area contributed by atoms with Crippen LogP contribution < -0.4 is 0 Å². The second-order valence-electron chi connectivity index (χ2n) is 4.37. The van der Waals surface area contributed by atoms with Crippen LogP contribution in [-0.4, -0.2) is 27.1 Å². The lowest BCUT2D eigenvalue weighted by Crippen LogP contribution is -2.13. The molecular formula is C13H11Cl2N3O4. The summed E-state index contributed by atoms with van der Waals surface area (Å²) in [5.74, 6) is -0.294. The van der Waals surface area contributed by atoms with E-state index < -0.39 is 10.9 Å². The maximum atomic E-state index is 11.9. The minimum absolute atomic E-state index is 0.0407. The van der Waals surface area contributed by atoms with Crippen LogP contribution in [0.2, 0.25) is 10.0 Å². The van der Waals surface area contributed by atoms with E-state index in [1.807, 2.05) is 0 Å². The maximum Gasteiger partial charge on any atom is 0.342 e. The van der Waals surface area contributed by atoms with Crippen molar-refractivity contribution in [2.45, 2.75) is 13.5 Å². The number of imidazole rings is 1. The molecule has 1 aromatic carbocycles. The molecule has 0 aliphatic carbocycles. The van der Waals surface area contributed by atoms with Crippen LogP contribution in [0, 0.1) is 17.0 Å². The number of halogens is 2. The largest absolute Gasteiger partial charge is 0.458 e. The number of rotatable bonds is 5. The van der Waals surface area contributed by atoms with Gasteiger partial charge in [0.05, 0.1) is 5.56 Å². The fourth-order valence-corrected chi connectivity index (χ4v) is 2.39. The van der Waals surface area contributed by atoms with Crippen molar-refractivity contribution in [1.29, 1.82) is 0 Å². The van der Waals surface area contributed by atoms with Gasteiger partial charge in [0.25, 0.3) is 0 Å². The van der Waals surface area contributed by atoms with Crippen LogP contribution in [0.3, 0.4) is 0 Å². The molecule has 0 radical (unpaired) electrons. The Morgan fingerprint density at radius 2 is 2.00 bits per heavy atom. The van der Waals surface area contributed by atoms with Crippen LogP contribution >= 0.6 is 23.2 Å². The predicted octanol–water partition coefficient (Wildman–Crippen LogP) is 3.26. The highest BCUT2D eigenvalue weighted by Crippen LogP contribution is 2.20. The smallest absolute Gasteiger partial charge is 0.342 e. The first-order valence-electron chi connectivity index (χ1n) is 6.18. The van der Waals surface area contributed by atoms with Gasteiger partial charge in [-0.15, -0.1) is 0 Å². The number of aromatic nitrogens is 2. The van der Waals surface area contributed by atoms with Gasteiger partial charge in [0, 0.05) is 17.0 Å². The van der Waals surface area contributed by atoms with E-state index in [1.54, 1.807) is 6.92 Å². The van der Waals surface area contributed by atoms with Gasteiger partial charge in [0.1, 0.15) is 19.3 Å². The number of hydrogen-bond donors (Lipinski definition) is 0. The minimum Gasteiger partial charge on any atom is -0.458 e. The third-order valence-corrected chi connectivity index (χ3v) is 3.30. The standard InChI is InChI=1S/C13H11Cl2N3O4/c1-8-16-7-12(18(20)21)17(8)2-3-22-13(19)9-4-10(14)6-11(15)5-9/h4-7H,2-3H2,1H3. The summed E-state index contributed by atoms with van der Waals surface area (Å²) in [5, 5.41) is 11.5. The summed E-state index contributed by atoms with van der Waals surface area (Å²) >= 11 is 11.6. The summed E-state index contributed by atoms with van der Waals surface area (Å²) in [6.07, 6.45) is 1.16. The van der Waals surface area contributed by atoms with Crippen molar-refractivity contribution in [2.24, 2.45) is 0 Å². The molecule has 0 saturated heterocycles. The van der Waals surface area contributed by atoms with E-state index in [2.05, 4.69) is 4.98 Å². The summed E-state index contributed by atoms with van der Waals surface area (Å²) in [5.41, 5.74) is 0.217. The van der Waals surface area contributed by atoms with Crippen LogP contribution in [0.5, 0.6) is 0 Å². The van der Waals surface area contributed by atoms with Crippen molar-refractivity contribution in [3.63, 3.8) is 0 Å². The fourth-order valence-electron chi connectivity index (χ4n) is 1.86. The zero-order valence-electron chi connectivity index (χ0n) is 11.5. The van der Waals surface area contributed by atoms with Crippen LogP contribution in [0.15, 0.2) is 24.4 Å². The Morgan fingerprint density at radius 1 is 1.36 bits per heavy atom. The van der Waals surface area contributed by atoms with Crippen LogP contribution in [0.1, 0.15) is 16.2 Å². The lowest BCUT2D eigenvalue weighted by atomic mass is 10.2. The van der Waals surface area contributed by atoms with Gasteiger partial charge in [0.2, 0.25) is 0 Å². The lowest BCUT2D eigenvalue weighted by molar-refractivity contribution is -0.392. The Balaban J connectivity index is 2.01. The quantitative estimate of drug-likeness (QED) is 0.472. The van der Waals surface area contributed by atoms with Crippen molar-refractivity contribution >= 4 is 35.0 Å². The highest BCUT2D eigenvalue weighted by atomic mass is 35.5. The molecule has 0 bridgehead atoms. The second kappa shape index (κ2) is 6.76. The lowest BCUT2D eigenvalue weighted by Gasteiger charge is -2.06. The summed E-state index contributed by atoms with van der Waals surface area (Å²) in [4.78, 5) is 26.0. The van der Waals surface area contributed by atoms with E-state index in [-0.39, 0.29) is 24.5 Å². The van der Waals surface area contributed by atoms with Crippen molar-refractivity contribution in [3.8, 4) is 0 Å². The molecule has 9 heteroatoms. The molecule has 0 amide bonds. The van der Waals surface area contributed by atoms with Crippen molar-refractivity contribution in [3.05, 3.63) is 55.9 Å². The number of nitrogens with zero attached hydrogens (tertiary/aromatic N) is 3. The molecule has 0 aliphatic rings. The normalized spacial score (nSPS) is 10.5. The van der Waals surface area contributed by atoms with Crippen LogP contribution in [-0.2, 0) is 11.3 Å². The molecule has 2 rings (SSSR count). The van der Waals surface area contributed by atoms with Gasteiger partial charge in [0.15, 0.2) is 5.82 Å². The summed E-state index contributed by atoms with van der Waals surface area (Å²) in [6, 6.07) is 4.36. The van der Waals surface area contributed by atoms with E-state index >= 15 is 0 Å². The van der Waals surface area contributed by atoms with E-state index in [1.165, 1.54) is 22.8 Å². The van der Waals surface area contributed by atoms with Crippen molar-refractivity contribution in [1.82, 2.24) is 9.55 Å². The Hall–Kier alpha value is -2.12. The predicted molar refractivity (Wildman–Crippen MR) is 80.4 cm³/mol. The SMILES string of the molecule is Cc1ncc([N+](=O)[O-])n1CCOC(=O)c1cc(Cl)cc(Cl)c1. The summed E-state index contributed by atoms with van der Waals surface area (Å²) in [6.45, 7) is 1.72. The first kappa shape index (κ1) is 16.3. The van der Waals surface area contributed by atoms with Gasteiger partial charge in [-0.05, 0) is 23.1 Å². The molecule has 0 aliphatic heterocycles. The third-order valence-electron chi connectivity index (χ3n) is 2.87. The third kappa shape index (κ3) is 3.75. The molecule has 0 saturated carbocycles. The number of hydrogen-bond acceptors (Lipinski definition) is 5. The Kier molecular flexibility index (Phi) is 4.99. The van der Waals surface area contributed by atoms with Gasteiger partial charge in [-0.1, -0.05) is 23.2 Å². The maximum absolute atomic E-state index is 11.9. The topological polar surface area (TPSA) is 87.3 Å². The Labute approximate surface area is 135 Å². The molecule has 0 atom stereocenters. The highest BCUT2D eigenvalue weighted by Gasteiger charge is 2.18. The fraction of sp³-hybridized carbons (Fsp3) is 0.231. The molecule has 0 N–H and O–H groups in total. The van der Waals surface area contributed by atoms with E-state index in [9.17, 15) is 14.9 Å². The molecule has 22 heavy (non-hydrogen) atoms. The van der Waals surface area contributed by atoms with Gasteiger partial charge in [-0.25, -0.2) is 14.3 Å². The number of ether oxygens (including phenoxy) is 1. The molecule has 1 aromatic heterocycles. The highest BCUT2D eigenvalue weighted by molar-refractivity contribution is 6.35. The molecule has 7 nitrogen and oxygen atoms in total. The van der Waals surface area contributed by atoms with Gasteiger partial charge < -0.3 is 14.9 Å². The van der Waals surface area contributed by atoms with Gasteiger partial charge >= 0.3 is 11.8 Å². The van der Waals surface area contributed by atoms with Crippen molar-refractivity contribution in [2.75, 3.05) is 6.61 Å². The zero-order valence-corrected chi connectivity index (χ0v) is 13.0. The molecule has 0 unspecified atom stereocenters. The summed E-state index contributed by atoms with van der Waals surface area (Å²) < 4.78 is 6.43. The minimum atomic E-state index is -0.607. The number of benzene rings is 1. The average molecular weight is 344 g/mol. The zero-order chi connectivity index (χ0) is 16.3. The van der Waals surface area contributed by atoms with E-state index in [0.717, 1.165) is 6.20 Å². The van der Waals surface area contributed by atoms with Crippen molar-refractivity contribution < 1.29 is 14.5 Å². The second-order valence-corrected chi connectivity index (χ2v) is 5.24. The number of carbonyl (C=O) groups excluding carboxylic acids is 1. The average Bonchev–Trinajstić information content (AvgIpc) is 2.79. The van der Waals surface area contributed by atoms with E-state index in [4.69, 9.17) is 27.9 Å². The number of nitro groups is 1. The number of aryl methyl sites for hydroxylation is 1. The van der Waals surface area contributed by atoms with Gasteiger partial charge in [-0.3, -0.25) is 0 Å². The molecule has 116 valence electrons. The summed E-state index contributed by atoms with van der Waals surface area (Å²) in [7, 11) is 0. The molecule has 2 aromatic rings. The Bertz CT molecular complexity index is 710. The number of esters is 1. The van der Waals surface area contributed by atoms with Gasteiger partial charge in [-0.2, -0.15) is 0 Å². The molecule has 1 heterocycles. The Morgan fingerprint density at radius 3 is 2.59 bits per heavy atom. The molecular weight excluding hydrogens is 333 g/mol. The number of carbonyl (C=O) groups is 1. The first-order valence-corrected chi connectivity index (χ1v) is 6.94. The first-order chi connectivity index (χ1) is 10.4. The molecule has 0 spiro atoms. The monoisotopic (exact) mass is 343 g/mol. The molecule has 0 fully saturated rings. The van der Waals surface area contributed by atoms with Crippen LogP contribution in [0.25, 0.3) is 0 Å².